The highest BCUT2D eigenvalue weighted by molar-refractivity contribution is 7.05. The molecule has 2 heterocycles. The van der Waals surface area contributed by atoms with Crippen LogP contribution in [0.5, 0.6) is 0 Å². The van der Waals surface area contributed by atoms with Gasteiger partial charge < -0.3 is 5.32 Å². The van der Waals surface area contributed by atoms with Crippen molar-refractivity contribution in [2.24, 2.45) is 7.05 Å². The highest BCUT2D eigenvalue weighted by Crippen LogP contribution is 2.32. The third-order valence-electron chi connectivity index (χ3n) is 2.80. The van der Waals surface area contributed by atoms with Crippen molar-refractivity contribution in [1.29, 1.82) is 0 Å². The molecule has 0 spiro atoms. The Hall–Kier alpha value is -1.27. The lowest BCUT2D eigenvalue weighted by Gasteiger charge is -2.20. The zero-order valence-corrected chi connectivity index (χ0v) is 12.2. The Morgan fingerprint density at radius 1 is 1.39 bits per heavy atom. The zero-order chi connectivity index (χ0) is 13.3. The van der Waals surface area contributed by atoms with Crippen LogP contribution in [0.15, 0.2) is 12.3 Å². The van der Waals surface area contributed by atoms with Crippen LogP contribution in [0, 0.1) is 0 Å². The van der Waals surface area contributed by atoms with E-state index in [0.29, 0.717) is 0 Å². The molecule has 0 saturated carbocycles. The van der Waals surface area contributed by atoms with Gasteiger partial charge in [0.2, 0.25) is 0 Å². The van der Waals surface area contributed by atoms with Gasteiger partial charge >= 0.3 is 0 Å². The number of nitrogens with zero attached hydrogens (tertiary/aromatic N) is 4. The molecular formula is C12H19N5S. The predicted octanol–water partition coefficient (Wildman–Crippen LogP) is 1.88. The van der Waals surface area contributed by atoms with Crippen LogP contribution in [0.25, 0.3) is 0 Å². The summed E-state index contributed by atoms with van der Waals surface area (Å²) >= 11 is 1.44. The van der Waals surface area contributed by atoms with Crippen molar-refractivity contribution in [3.63, 3.8) is 0 Å². The number of hydrogen-bond acceptors (Lipinski definition) is 5. The summed E-state index contributed by atoms with van der Waals surface area (Å²) in [5, 5.41) is 12.0. The Balaban J connectivity index is 2.43. The Bertz CT molecular complexity index is 523. The SMILES string of the molecule is CNC(c1ccn(C)n1)c1snnc1C(C)(C)C. The van der Waals surface area contributed by atoms with Crippen LogP contribution < -0.4 is 5.32 Å². The smallest absolute Gasteiger partial charge is 0.0896 e. The minimum Gasteiger partial charge on any atom is -0.307 e. The van der Waals surface area contributed by atoms with Gasteiger partial charge in [-0.15, -0.1) is 5.10 Å². The van der Waals surface area contributed by atoms with E-state index >= 15 is 0 Å². The number of nitrogens with one attached hydrogen (secondary N) is 1. The summed E-state index contributed by atoms with van der Waals surface area (Å²) in [7, 11) is 3.86. The molecule has 98 valence electrons. The van der Waals surface area contributed by atoms with Crippen LogP contribution in [0.4, 0.5) is 0 Å². The van der Waals surface area contributed by atoms with Gasteiger partial charge in [-0.3, -0.25) is 4.68 Å². The molecule has 2 aromatic heterocycles. The van der Waals surface area contributed by atoms with E-state index in [4.69, 9.17) is 0 Å². The normalized spacial score (nSPS) is 13.8. The number of hydrogen-bond donors (Lipinski definition) is 1. The molecule has 0 saturated heterocycles. The van der Waals surface area contributed by atoms with E-state index in [1.807, 2.05) is 31.0 Å². The highest BCUT2D eigenvalue weighted by atomic mass is 32.1. The first kappa shape index (κ1) is 13.2. The third kappa shape index (κ3) is 2.44. The van der Waals surface area contributed by atoms with Gasteiger partial charge in [-0.05, 0) is 24.6 Å². The lowest BCUT2D eigenvalue weighted by atomic mass is 9.89. The fourth-order valence-corrected chi connectivity index (χ4v) is 2.89. The van der Waals surface area contributed by atoms with E-state index < -0.39 is 0 Å². The fraction of sp³-hybridized carbons (Fsp3) is 0.583. The summed E-state index contributed by atoms with van der Waals surface area (Å²) in [6.45, 7) is 6.45. The topological polar surface area (TPSA) is 55.6 Å². The minimum atomic E-state index is -0.00772. The maximum atomic E-state index is 4.47. The Morgan fingerprint density at radius 2 is 2.11 bits per heavy atom. The molecule has 1 atom stereocenters. The van der Waals surface area contributed by atoms with Crippen molar-refractivity contribution in [3.05, 3.63) is 28.5 Å². The molecule has 0 aliphatic heterocycles. The van der Waals surface area contributed by atoms with E-state index in [2.05, 4.69) is 40.8 Å². The summed E-state index contributed by atoms with van der Waals surface area (Å²) in [4.78, 5) is 1.14. The highest BCUT2D eigenvalue weighted by Gasteiger charge is 2.28. The van der Waals surface area contributed by atoms with Crippen molar-refractivity contribution in [2.45, 2.75) is 32.2 Å². The van der Waals surface area contributed by atoms with Crippen molar-refractivity contribution in [1.82, 2.24) is 24.7 Å². The molecule has 0 aromatic carbocycles. The van der Waals surface area contributed by atoms with Crippen LogP contribution in [0.1, 0.15) is 43.1 Å². The lowest BCUT2D eigenvalue weighted by molar-refractivity contribution is 0.545. The van der Waals surface area contributed by atoms with Crippen LogP contribution in [0.3, 0.4) is 0 Å². The van der Waals surface area contributed by atoms with Crippen molar-refractivity contribution in [2.75, 3.05) is 7.05 Å². The number of aryl methyl sites for hydroxylation is 1. The zero-order valence-electron chi connectivity index (χ0n) is 11.4. The largest absolute Gasteiger partial charge is 0.307 e. The van der Waals surface area contributed by atoms with E-state index in [1.54, 1.807) is 0 Å². The molecule has 2 rings (SSSR count). The molecule has 18 heavy (non-hydrogen) atoms. The van der Waals surface area contributed by atoms with Crippen LogP contribution in [-0.2, 0) is 12.5 Å². The van der Waals surface area contributed by atoms with Gasteiger partial charge in [0.05, 0.1) is 22.3 Å². The molecule has 0 radical (unpaired) electrons. The summed E-state index contributed by atoms with van der Waals surface area (Å²) in [5.74, 6) is 0. The van der Waals surface area contributed by atoms with Crippen LogP contribution in [-0.4, -0.2) is 26.4 Å². The van der Waals surface area contributed by atoms with Gasteiger partial charge in [-0.25, -0.2) is 0 Å². The summed E-state index contributed by atoms with van der Waals surface area (Å²) in [6.07, 6.45) is 1.95. The molecule has 0 aliphatic rings. The van der Waals surface area contributed by atoms with E-state index in [9.17, 15) is 0 Å². The summed E-state index contributed by atoms with van der Waals surface area (Å²) in [5.41, 5.74) is 2.03. The maximum Gasteiger partial charge on any atom is 0.0896 e. The number of aromatic nitrogens is 4. The van der Waals surface area contributed by atoms with Gasteiger partial charge in [-0.1, -0.05) is 25.3 Å². The first-order chi connectivity index (χ1) is 8.43. The summed E-state index contributed by atoms with van der Waals surface area (Å²) < 4.78 is 5.92. The van der Waals surface area contributed by atoms with Crippen molar-refractivity contribution >= 4 is 11.5 Å². The Labute approximate surface area is 111 Å². The average Bonchev–Trinajstić information content (AvgIpc) is 2.88. The van der Waals surface area contributed by atoms with E-state index in [-0.39, 0.29) is 11.5 Å². The van der Waals surface area contributed by atoms with Gasteiger partial charge in [0.15, 0.2) is 0 Å². The molecule has 1 N–H and O–H groups in total. The molecule has 0 fully saturated rings. The predicted molar refractivity (Wildman–Crippen MR) is 72.7 cm³/mol. The minimum absolute atomic E-state index is 0.00772. The lowest BCUT2D eigenvalue weighted by Crippen LogP contribution is -2.22. The van der Waals surface area contributed by atoms with Crippen molar-refractivity contribution in [3.8, 4) is 0 Å². The molecule has 0 bridgehead atoms. The third-order valence-corrected chi connectivity index (χ3v) is 3.59. The standard InChI is InChI=1S/C12H19N5S/c1-12(2,3)11-10(18-16-14-11)9(13-4)8-6-7-17(5)15-8/h6-7,9,13H,1-5H3. The van der Waals surface area contributed by atoms with Gasteiger partial charge in [0.25, 0.3) is 0 Å². The first-order valence-corrected chi connectivity index (χ1v) is 6.70. The van der Waals surface area contributed by atoms with Gasteiger partial charge in [-0.2, -0.15) is 5.10 Å². The van der Waals surface area contributed by atoms with Crippen LogP contribution in [0.2, 0.25) is 0 Å². The first-order valence-electron chi connectivity index (χ1n) is 5.93. The molecule has 5 nitrogen and oxygen atoms in total. The second-order valence-electron chi connectivity index (χ2n) is 5.37. The second-order valence-corrected chi connectivity index (χ2v) is 6.16. The Kier molecular flexibility index (Phi) is 3.49. The fourth-order valence-electron chi connectivity index (χ4n) is 1.91. The second kappa shape index (κ2) is 4.78. The summed E-state index contributed by atoms with van der Waals surface area (Å²) in [6, 6.07) is 2.08. The molecule has 0 aliphatic carbocycles. The average molecular weight is 265 g/mol. The van der Waals surface area contributed by atoms with E-state index in [0.717, 1.165) is 16.3 Å². The van der Waals surface area contributed by atoms with Crippen LogP contribution >= 0.6 is 11.5 Å². The quantitative estimate of drug-likeness (QED) is 0.920. The van der Waals surface area contributed by atoms with Crippen molar-refractivity contribution < 1.29 is 0 Å². The maximum absolute atomic E-state index is 4.47. The van der Waals surface area contributed by atoms with Gasteiger partial charge in [0, 0.05) is 18.7 Å². The molecule has 1 unspecified atom stereocenters. The molecule has 0 amide bonds. The molecule has 2 aromatic rings. The number of rotatable bonds is 3. The molecule has 6 heteroatoms. The monoisotopic (exact) mass is 265 g/mol. The molecular weight excluding hydrogens is 246 g/mol. The Morgan fingerprint density at radius 3 is 2.61 bits per heavy atom. The van der Waals surface area contributed by atoms with Gasteiger partial charge in [0.1, 0.15) is 0 Å². The van der Waals surface area contributed by atoms with E-state index in [1.165, 1.54) is 11.5 Å².